The summed E-state index contributed by atoms with van der Waals surface area (Å²) in [6, 6.07) is 12.0. The van der Waals surface area contributed by atoms with Crippen LogP contribution in [-0.4, -0.2) is 34.6 Å². The number of ether oxygens (including phenoxy) is 1. The fourth-order valence-corrected chi connectivity index (χ4v) is 8.12. The van der Waals surface area contributed by atoms with Crippen LogP contribution in [0.25, 0.3) is 0 Å². The third kappa shape index (κ3) is 6.36. The Morgan fingerprint density at radius 2 is 1.60 bits per heavy atom. The lowest BCUT2D eigenvalue weighted by Crippen LogP contribution is -2.32. The third-order valence-electron chi connectivity index (χ3n) is 7.39. The first kappa shape index (κ1) is 32.7. The monoisotopic (exact) mass is 713 g/mol. The first-order valence-corrected chi connectivity index (χ1v) is 15.5. The molecular formula is C30H18ClF6N3O5S2. The standard InChI is InChI=1S/C30H18ClF6N3O5S2/c31-15-7-8-19(45-12-20(41)38-16-5-1-3-13(9-16)29(32,33)34)18(11-15)21-22-24(46-25-23(21)47-28(44)39-25)27(43)40(26(22)42)17-6-2-4-14(10-17)30(35,36)37/h1-11,21-22,24H,12H2,(H,38,41)(H,39,44). The first-order chi connectivity index (χ1) is 22.1. The average Bonchev–Trinajstić information content (AvgIpc) is 3.49. The van der Waals surface area contributed by atoms with Gasteiger partial charge in [0.2, 0.25) is 11.8 Å². The van der Waals surface area contributed by atoms with Gasteiger partial charge in [-0.15, -0.1) is 0 Å². The molecule has 3 heterocycles. The van der Waals surface area contributed by atoms with Gasteiger partial charge >= 0.3 is 17.2 Å². The minimum Gasteiger partial charge on any atom is -0.483 e. The summed E-state index contributed by atoms with van der Waals surface area (Å²) in [5, 5.41) is 1.59. The fourth-order valence-electron chi connectivity index (χ4n) is 5.44. The molecule has 3 aromatic carbocycles. The van der Waals surface area contributed by atoms with Crippen LogP contribution in [0.4, 0.5) is 37.7 Å². The lowest BCUT2D eigenvalue weighted by atomic mass is 9.82. The summed E-state index contributed by atoms with van der Waals surface area (Å²) in [7, 11) is 0. The van der Waals surface area contributed by atoms with Crippen molar-refractivity contribution in [3.8, 4) is 5.75 Å². The number of nitrogens with one attached hydrogen (secondary N) is 2. The third-order valence-corrected chi connectivity index (χ3v) is 10.0. The van der Waals surface area contributed by atoms with E-state index in [1.54, 1.807) is 0 Å². The molecule has 1 fully saturated rings. The van der Waals surface area contributed by atoms with Crippen LogP contribution < -0.4 is 19.8 Å². The molecule has 17 heteroatoms. The second-order valence-electron chi connectivity index (χ2n) is 10.4. The van der Waals surface area contributed by atoms with E-state index in [9.17, 15) is 45.5 Å². The van der Waals surface area contributed by atoms with E-state index in [0.29, 0.717) is 15.8 Å². The predicted molar refractivity (Wildman–Crippen MR) is 161 cm³/mol. The minimum absolute atomic E-state index is 0.00816. The lowest BCUT2D eigenvalue weighted by Gasteiger charge is -2.31. The Balaban J connectivity index is 1.34. The van der Waals surface area contributed by atoms with Crippen molar-refractivity contribution in [3.05, 3.63) is 103 Å². The van der Waals surface area contributed by atoms with Crippen LogP contribution in [0, 0.1) is 5.92 Å². The molecule has 3 atom stereocenters. The van der Waals surface area contributed by atoms with Gasteiger partial charge in [-0.1, -0.05) is 46.8 Å². The van der Waals surface area contributed by atoms with Crippen LogP contribution >= 0.6 is 34.7 Å². The predicted octanol–water partition coefficient (Wildman–Crippen LogP) is 6.94. The fraction of sp³-hybridized carbons (Fsp3) is 0.200. The highest BCUT2D eigenvalue weighted by Crippen LogP contribution is 2.55. The number of anilines is 2. The molecule has 8 nitrogen and oxygen atoms in total. The number of thiazole rings is 1. The zero-order valence-electron chi connectivity index (χ0n) is 23.2. The number of benzene rings is 3. The number of aromatic amines is 1. The van der Waals surface area contributed by atoms with Gasteiger partial charge in [-0.25, -0.2) is 4.90 Å². The van der Waals surface area contributed by atoms with E-state index in [1.165, 1.54) is 30.3 Å². The largest absolute Gasteiger partial charge is 0.483 e. The second kappa shape index (κ2) is 12.1. The highest BCUT2D eigenvalue weighted by Gasteiger charge is 2.57. The van der Waals surface area contributed by atoms with Crippen LogP contribution in [0.15, 0.2) is 76.6 Å². The van der Waals surface area contributed by atoms with Gasteiger partial charge < -0.3 is 15.0 Å². The molecule has 2 aliphatic heterocycles. The van der Waals surface area contributed by atoms with Crippen LogP contribution in [-0.2, 0) is 26.7 Å². The molecule has 1 saturated heterocycles. The zero-order valence-corrected chi connectivity index (χ0v) is 25.6. The number of carbonyl (C=O) groups excluding carboxylic acids is 3. The number of hydrogen-bond donors (Lipinski definition) is 2. The number of imide groups is 1. The van der Waals surface area contributed by atoms with Crippen LogP contribution in [0.1, 0.15) is 27.5 Å². The molecule has 2 N–H and O–H groups in total. The number of halogens is 7. The number of rotatable bonds is 6. The molecule has 0 saturated carbocycles. The van der Waals surface area contributed by atoms with Gasteiger partial charge in [-0.05, 0) is 54.6 Å². The highest BCUT2D eigenvalue weighted by atomic mass is 35.5. The summed E-state index contributed by atoms with van der Waals surface area (Å²) >= 11 is 7.98. The van der Waals surface area contributed by atoms with Crippen LogP contribution in [0.2, 0.25) is 5.02 Å². The summed E-state index contributed by atoms with van der Waals surface area (Å²) in [5.41, 5.74) is -2.26. The number of carbonyl (C=O) groups is 3. The van der Waals surface area contributed by atoms with Gasteiger partial charge in [0.25, 0.3) is 5.91 Å². The maximum atomic E-state index is 14.0. The number of nitrogens with zero attached hydrogens (tertiary/aromatic N) is 1. The topological polar surface area (TPSA) is 109 Å². The second-order valence-corrected chi connectivity index (χ2v) is 13.0. The maximum Gasteiger partial charge on any atom is 0.416 e. The molecule has 2 aliphatic rings. The van der Waals surface area contributed by atoms with Gasteiger partial charge in [-0.2, -0.15) is 26.3 Å². The Bertz CT molecular complexity index is 1980. The number of hydrogen-bond acceptors (Lipinski definition) is 7. The van der Waals surface area contributed by atoms with Crippen molar-refractivity contribution in [3.63, 3.8) is 0 Å². The number of alkyl halides is 6. The molecule has 0 spiro atoms. The molecule has 244 valence electrons. The van der Waals surface area contributed by atoms with Crippen molar-refractivity contribution in [2.45, 2.75) is 28.5 Å². The summed E-state index contributed by atoms with van der Waals surface area (Å²) < 4.78 is 85.5. The maximum absolute atomic E-state index is 14.0. The van der Waals surface area contributed by atoms with Crippen molar-refractivity contribution >= 4 is 63.8 Å². The van der Waals surface area contributed by atoms with Crippen molar-refractivity contribution in [1.29, 1.82) is 0 Å². The summed E-state index contributed by atoms with van der Waals surface area (Å²) in [6.45, 7) is -0.695. The number of thioether (sulfide) groups is 1. The smallest absolute Gasteiger partial charge is 0.416 e. The molecule has 47 heavy (non-hydrogen) atoms. The van der Waals surface area contributed by atoms with Crippen molar-refractivity contribution < 1.29 is 45.5 Å². The minimum atomic E-state index is -4.74. The Morgan fingerprint density at radius 3 is 2.30 bits per heavy atom. The van der Waals surface area contributed by atoms with Gasteiger partial charge in [0.05, 0.1) is 27.8 Å². The summed E-state index contributed by atoms with van der Waals surface area (Å²) in [5.74, 6) is -4.71. The van der Waals surface area contributed by atoms with E-state index < -0.39 is 69.8 Å². The number of H-pyrrole nitrogens is 1. The number of amides is 3. The quantitative estimate of drug-likeness (QED) is 0.166. The number of aromatic nitrogens is 1. The molecule has 3 amide bonds. The Hall–Kier alpha value is -4.28. The zero-order chi connectivity index (χ0) is 33.8. The van der Waals surface area contributed by atoms with Crippen molar-refractivity contribution in [2.75, 3.05) is 16.8 Å². The SMILES string of the molecule is O=C(COc1ccc(Cl)cc1C1c2sc(=O)[nH]c2SC2C(=O)N(c3cccc(C(F)(F)F)c3)C(=O)C21)Nc1cccc(C(F)(F)F)c1. The molecular weight excluding hydrogens is 696 g/mol. The normalized spacial score (nSPS) is 19.4. The van der Waals surface area contributed by atoms with Crippen molar-refractivity contribution in [2.24, 2.45) is 5.92 Å². The van der Waals surface area contributed by atoms with Gasteiger partial charge in [0, 0.05) is 27.1 Å². The summed E-state index contributed by atoms with van der Waals surface area (Å²) in [6.07, 6.45) is -9.38. The van der Waals surface area contributed by atoms with Crippen molar-refractivity contribution in [1.82, 2.24) is 4.98 Å². The van der Waals surface area contributed by atoms with E-state index in [0.717, 1.165) is 53.4 Å². The highest BCUT2D eigenvalue weighted by molar-refractivity contribution is 8.00. The number of fused-ring (bicyclic) bond motifs is 2. The Morgan fingerprint density at radius 1 is 0.915 bits per heavy atom. The summed E-state index contributed by atoms with van der Waals surface area (Å²) in [4.78, 5) is 56.0. The van der Waals surface area contributed by atoms with E-state index in [-0.39, 0.29) is 32.7 Å². The molecule has 1 aromatic heterocycles. The van der Waals surface area contributed by atoms with E-state index in [1.807, 2.05) is 0 Å². The average molecular weight is 714 g/mol. The van der Waals surface area contributed by atoms with Crippen LogP contribution in [0.3, 0.4) is 0 Å². The molecule has 0 aliphatic carbocycles. The molecule has 0 bridgehead atoms. The first-order valence-electron chi connectivity index (χ1n) is 13.5. The Kier molecular flexibility index (Phi) is 8.38. The van der Waals surface area contributed by atoms with E-state index >= 15 is 0 Å². The van der Waals surface area contributed by atoms with E-state index in [4.69, 9.17) is 16.3 Å². The van der Waals surface area contributed by atoms with Crippen LogP contribution in [0.5, 0.6) is 5.75 Å². The van der Waals surface area contributed by atoms with E-state index in [2.05, 4.69) is 10.3 Å². The van der Waals surface area contributed by atoms with Gasteiger partial charge in [0.15, 0.2) is 6.61 Å². The lowest BCUT2D eigenvalue weighted by molar-refractivity contribution is -0.138. The molecule has 3 unspecified atom stereocenters. The van der Waals surface area contributed by atoms with Gasteiger partial charge in [-0.3, -0.25) is 19.2 Å². The van der Waals surface area contributed by atoms with Gasteiger partial charge in [0.1, 0.15) is 11.0 Å². The Labute approximate surface area is 273 Å². The molecule has 6 rings (SSSR count). The molecule has 0 radical (unpaired) electrons. The molecule has 4 aromatic rings.